The summed E-state index contributed by atoms with van der Waals surface area (Å²) in [5.41, 5.74) is 0.633. The standard InChI is InChI=1S/C22H24BrClN4O3S/c1-13(2)28-21(14(3)31-19-8-6-5-7-18(19)30-4)26-27-22(28)32-12-20(29)25-15-9-10-16(23)17(24)11-15/h5-11,13-14H,12H2,1-4H3,(H,25,29). The minimum absolute atomic E-state index is 0.0829. The molecule has 0 radical (unpaired) electrons. The van der Waals surface area contributed by atoms with Crippen LogP contribution in [0.2, 0.25) is 5.02 Å². The minimum atomic E-state index is -0.366. The Morgan fingerprint density at radius 3 is 2.56 bits per heavy atom. The number of rotatable bonds is 9. The third kappa shape index (κ3) is 5.96. The number of carbonyl (C=O) groups is 1. The third-order valence-electron chi connectivity index (χ3n) is 4.48. The number of halogens is 2. The Balaban J connectivity index is 1.70. The predicted molar refractivity (Wildman–Crippen MR) is 131 cm³/mol. The second-order valence-corrected chi connectivity index (χ2v) is 9.39. The monoisotopic (exact) mass is 538 g/mol. The summed E-state index contributed by atoms with van der Waals surface area (Å²) in [6.45, 7) is 5.99. The second kappa shape index (κ2) is 11.1. The van der Waals surface area contributed by atoms with Crippen LogP contribution in [0.1, 0.15) is 38.7 Å². The Kier molecular flexibility index (Phi) is 8.44. The van der Waals surface area contributed by atoms with Crippen molar-refractivity contribution in [2.24, 2.45) is 0 Å². The molecule has 170 valence electrons. The number of hydrogen-bond donors (Lipinski definition) is 1. The SMILES string of the molecule is COc1ccccc1OC(C)c1nnc(SCC(=O)Nc2ccc(Br)c(Cl)c2)n1C(C)C. The van der Waals surface area contributed by atoms with Gasteiger partial charge >= 0.3 is 0 Å². The van der Waals surface area contributed by atoms with Crippen molar-refractivity contribution in [3.63, 3.8) is 0 Å². The van der Waals surface area contributed by atoms with Crippen LogP contribution in [0.5, 0.6) is 11.5 Å². The van der Waals surface area contributed by atoms with Crippen molar-refractivity contribution in [2.75, 3.05) is 18.2 Å². The average Bonchev–Trinajstić information content (AvgIpc) is 3.20. The zero-order chi connectivity index (χ0) is 23.3. The van der Waals surface area contributed by atoms with E-state index in [1.807, 2.05) is 49.6 Å². The number of aromatic nitrogens is 3. The van der Waals surface area contributed by atoms with Crippen molar-refractivity contribution < 1.29 is 14.3 Å². The molecule has 0 spiro atoms. The van der Waals surface area contributed by atoms with Gasteiger partial charge in [-0.05, 0) is 67.0 Å². The summed E-state index contributed by atoms with van der Waals surface area (Å²) < 4.78 is 14.2. The van der Waals surface area contributed by atoms with E-state index in [0.717, 1.165) is 4.47 Å². The van der Waals surface area contributed by atoms with Gasteiger partial charge < -0.3 is 19.4 Å². The van der Waals surface area contributed by atoms with Gasteiger partial charge in [-0.1, -0.05) is 35.5 Å². The average molecular weight is 540 g/mol. The third-order valence-corrected chi connectivity index (χ3v) is 6.66. The van der Waals surface area contributed by atoms with Crippen LogP contribution in [0.3, 0.4) is 0 Å². The van der Waals surface area contributed by atoms with Crippen molar-refractivity contribution in [3.05, 3.63) is 57.8 Å². The lowest BCUT2D eigenvalue weighted by atomic mass is 10.3. The van der Waals surface area contributed by atoms with E-state index in [1.54, 1.807) is 25.3 Å². The molecule has 3 rings (SSSR count). The van der Waals surface area contributed by atoms with Crippen LogP contribution in [0.15, 0.2) is 52.1 Å². The van der Waals surface area contributed by atoms with Crippen LogP contribution in [0.25, 0.3) is 0 Å². The van der Waals surface area contributed by atoms with Crippen LogP contribution < -0.4 is 14.8 Å². The number of anilines is 1. The Bertz CT molecular complexity index is 1090. The molecule has 0 saturated heterocycles. The molecule has 0 aliphatic carbocycles. The first-order chi connectivity index (χ1) is 15.3. The van der Waals surface area contributed by atoms with Crippen molar-refractivity contribution in [2.45, 2.75) is 38.1 Å². The molecule has 32 heavy (non-hydrogen) atoms. The smallest absolute Gasteiger partial charge is 0.234 e. The van der Waals surface area contributed by atoms with Crippen LogP contribution in [-0.2, 0) is 4.79 Å². The molecule has 1 N–H and O–H groups in total. The molecule has 2 aromatic carbocycles. The maximum absolute atomic E-state index is 12.4. The largest absolute Gasteiger partial charge is 0.493 e. The quantitative estimate of drug-likeness (QED) is 0.328. The van der Waals surface area contributed by atoms with Gasteiger partial charge in [0.2, 0.25) is 5.91 Å². The summed E-state index contributed by atoms with van der Waals surface area (Å²) in [6.07, 6.45) is -0.366. The molecule has 0 fully saturated rings. The zero-order valence-corrected chi connectivity index (χ0v) is 21.3. The zero-order valence-electron chi connectivity index (χ0n) is 18.1. The lowest BCUT2D eigenvalue weighted by molar-refractivity contribution is -0.113. The Morgan fingerprint density at radius 1 is 1.19 bits per heavy atom. The van der Waals surface area contributed by atoms with Crippen LogP contribution in [0.4, 0.5) is 5.69 Å². The van der Waals surface area contributed by atoms with Gasteiger partial charge in [0.25, 0.3) is 0 Å². The first kappa shape index (κ1) is 24.4. The fourth-order valence-electron chi connectivity index (χ4n) is 3.01. The van der Waals surface area contributed by atoms with Crippen LogP contribution in [-0.4, -0.2) is 33.5 Å². The van der Waals surface area contributed by atoms with E-state index in [4.69, 9.17) is 21.1 Å². The molecular formula is C22H24BrClN4O3S. The van der Waals surface area contributed by atoms with E-state index in [-0.39, 0.29) is 23.8 Å². The molecule has 1 unspecified atom stereocenters. The molecule has 0 saturated carbocycles. The Morgan fingerprint density at radius 2 is 1.91 bits per heavy atom. The van der Waals surface area contributed by atoms with E-state index < -0.39 is 0 Å². The van der Waals surface area contributed by atoms with Gasteiger partial charge in [-0.2, -0.15) is 0 Å². The van der Waals surface area contributed by atoms with Gasteiger partial charge in [0, 0.05) is 16.2 Å². The summed E-state index contributed by atoms with van der Waals surface area (Å²) in [4.78, 5) is 12.4. The predicted octanol–water partition coefficient (Wildman–Crippen LogP) is 6.15. The van der Waals surface area contributed by atoms with Gasteiger partial charge in [-0.25, -0.2) is 0 Å². The van der Waals surface area contributed by atoms with E-state index in [0.29, 0.717) is 33.2 Å². The van der Waals surface area contributed by atoms with Gasteiger partial charge in [-0.15, -0.1) is 10.2 Å². The fourth-order valence-corrected chi connectivity index (χ4v) is 4.31. The number of benzene rings is 2. The highest BCUT2D eigenvalue weighted by Crippen LogP contribution is 2.32. The van der Waals surface area contributed by atoms with E-state index in [9.17, 15) is 4.79 Å². The highest BCUT2D eigenvalue weighted by atomic mass is 79.9. The summed E-state index contributed by atoms with van der Waals surface area (Å²) in [6, 6.07) is 12.8. The summed E-state index contributed by atoms with van der Waals surface area (Å²) in [5, 5.41) is 12.7. The normalized spacial score (nSPS) is 12.0. The van der Waals surface area contributed by atoms with Crippen molar-refractivity contribution in [3.8, 4) is 11.5 Å². The van der Waals surface area contributed by atoms with Gasteiger partial charge in [-0.3, -0.25) is 4.79 Å². The number of ether oxygens (including phenoxy) is 2. The number of thioether (sulfide) groups is 1. The molecule has 1 atom stereocenters. The van der Waals surface area contributed by atoms with Gasteiger partial charge in [0.05, 0.1) is 17.9 Å². The first-order valence-electron chi connectivity index (χ1n) is 9.92. The molecule has 0 aliphatic heterocycles. The van der Waals surface area contributed by atoms with Crippen molar-refractivity contribution in [1.82, 2.24) is 14.8 Å². The number of hydrogen-bond acceptors (Lipinski definition) is 6. The number of carbonyl (C=O) groups excluding carboxylic acids is 1. The van der Waals surface area contributed by atoms with E-state index >= 15 is 0 Å². The Hall–Kier alpha value is -2.23. The minimum Gasteiger partial charge on any atom is -0.493 e. The summed E-state index contributed by atoms with van der Waals surface area (Å²) in [5.74, 6) is 1.97. The molecule has 1 amide bonds. The highest BCUT2D eigenvalue weighted by molar-refractivity contribution is 9.10. The maximum atomic E-state index is 12.4. The molecular weight excluding hydrogens is 516 g/mol. The number of nitrogens with one attached hydrogen (secondary N) is 1. The van der Waals surface area contributed by atoms with Crippen LogP contribution in [0, 0.1) is 0 Å². The molecule has 0 bridgehead atoms. The summed E-state index contributed by atoms with van der Waals surface area (Å²) >= 11 is 10.7. The molecule has 1 aromatic heterocycles. The number of amides is 1. The number of methoxy groups -OCH3 is 1. The first-order valence-corrected chi connectivity index (χ1v) is 12.1. The molecule has 7 nitrogen and oxygen atoms in total. The second-order valence-electron chi connectivity index (χ2n) is 7.18. The molecule has 10 heteroatoms. The Labute approximate surface area is 205 Å². The van der Waals surface area contributed by atoms with Gasteiger partial charge in [0.1, 0.15) is 0 Å². The fraction of sp³-hybridized carbons (Fsp3) is 0.318. The number of nitrogens with zero attached hydrogens (tertiary/aromatic N) is 3. The highest BCUT2D eigenvalue weighted by Gasteiger charge is 2.23. The summed E-state index contributed by atoms with van der Waals surface area (Å²) in [7, 11) is 1.60. The topological polar surface area (TPSA) is 78.3 Å². The van der Waals surface area contributed by atoms with E-state index in [2.05, 4.69) is 31.4 Å². The van der Waals surface area contributed by atoms with Crippen molar-refractivity contribution in [1.29, 1.82) is 0 Å². The van der Waals surface area contributed by atoms with E-state index in [1.165, 1.54) is 11.8 Å². The number of para-hydroxylation sites is 2. The van der Waals surface area contributed by atoms with Crippen molar-refractivity contribution >= 4 is 50.9 Å². The lowest BCUT2D eigenvalue weighted by Crippen LogP contribution is -2.16. The molecule has 1 heterocycles. The van der Waals surface area contributed by atoms with Crippen LogP contribution >= 0.6 is 39.3 Å². The maximum Gasteiger partial charge on any atom is 0.234 e. The molecule has 3 aromatic rings. The lowest BCUT2D eigenvalue weighted by Gasteiger charge is -2.19. The van der Waals surface area contributed by atoms with Gasteiger partial charge in [0.15, 0.2) is 28.6 Å². The molecule has 0 aliphatic rings.